The summed E-state index contributed by atoms with van der Waals surface area (Å²) in [4.78, 5) is 30.0. The summed E-state index contributed by atoms with van der Waals surface area (Å²) in [6.07, 6.45) is 4.58. The Balaban J connectivity index is 1.53. The van der Waals surface area contributed by atoms with Gasteiger partial charge in [0.2, 0.25) is 11.8 Å². The average molecular weight is 354 g/mol. The van der Waals surface area contributed by atoms with Crippen molar-refractivity contribution < 1.29 is 9.59 Å². The van der Waals surface area contributed by atoms with E-state index in [1.165, 1.54) is 6.92 Å². The molecule has 2 aliphatic rings. The smallest absolute Gasteiger partial charge is 0.245 e. The molecule has 1 aliphatic carbocycles. The first-order valence-electron chi connectivity index (χ1n) is 9.39. The van der Waals surface area contributed by atoms with Crippen LogP contribution in [0.25, 0.3) is 10.9 Å². The molecule has 0 bridgehead atoms. The monoisotopic (exact) mass is 354 g/mol. The Morgan fingerprint density at radius 3 is 2.88 bits per heavy atom. The molecule has 0 radical (unpaired) electrons. The minimum atomic E-state index is -0.540. The number of amides is 2. The average Bonchev–Trinajstić information content (AvgIpc) is 3.30. The predicted octanol–water partition coefficient (Wildman–Crippen LogP) is 1.41. The second-order valence-corrected chi connectivity index (χ2v) is 7.73. The number of nitrogens with one attached hydrogen (secondary N) is 2. The summed E-state index contributed by atoms with van der Waals surface area (Å²) in [5.74, 6) is 0.747. The lowest BCUT2D eigenvalue weighted by Crippen LogP contribution is -2.49. The van der Waals surface area contributed by atoms with Crippen LogP contribution in [-0.4, -0.2) is 46.9 Å². The Kier molecular flexibility index (Phi) is 4.44. The molecule has 1 saturated carbocycles. The van der Waals surface area contributed by atoms with Crippen LogP contribution in [0.1, 0.15) is 25.3 Å². The Morgan fingerprint density at radius 2 is 2.12 bits per heavy atom. The van der Waals surface area contributed by atoms with Crippen molar-refractivity contribution in [2.24, 2.45) is 17.6 Å². The molecule has 1 saturated heterocycles. The van der Waals surface area contributed by atoms with E-state index in [0.717, 1.165) is 35.9 Å². The van der Waals surface area contributed by atoms with Crippen LogP contribution in [0, 0.1) is 11.8 Å². The van der Waals surface area contributed by atoms with Crippen molar-refractivity contribution in [1.29, 1.82) is 0 Å². The van der Waals surface area contributed by atoms with Gasteiger partial charge in [-0.25, -0.2) is 0 Å². The van der Waals surface area contributed by atoms with E-state index in [0.29, 0.717) is 24.8 Å². The minimum Gasteiger partial charge on any atom is -0.361 e. The van der Waals surface area contributed by atoms with Crippen molar-refractivity contribution >= 4 is 22.7 Å². The Hall–Kier alpha value is -2.34. The number of benzene rings is 1. The van der Waals surface area contributed by atoms with Crippen LogP contribution in [0.3, 0.4) is 0 Å². The van der Waals surface area contributed by atoms with E-state index in [1.807, 2.05) is 35.4 Å². The van der Waals surface area contributed by atoms with E-state index in [9.17, 15) is 9.59 Å². The zero-order valence-corrected chi connectivity index (χ0v) is 15.1. The van der Waals surface area contributed by atoms with Crippen molar-refractivity contribution in [3.05, 3.63) is 36.0 Å². The highest BCUT2D eigenvalue weighted by molar-refractivity contribution is 5.89. The van der Waals surface area contributed by atoms with Gasteiger partial charge in [-0.3, -0.25) is 9.59 Å². The molecule has 138 valence electrons. The first-order chi connectivity index (χ1) is 12.5. The molecule has 2 fully saturated rings. The number of nitrogens with two attached hydrogens (primary N) is 1. The highest BCUT2D eigenvalue weighted by Crippen LogP contribution is 2.37. The molecular formula is C20H26N4O2. The van der Waals surface area contributed by atoms with Gasteiger partial charge in [0.25, 0.3) is 0 Å². The summed E-state index contributed by atoms with van der Waals surface area (Å²) in [6.45, 7) is 2.94. The van der Waals surface area contributed by atoms with E-state index < -0.39 is 6.04 Å². The molecule has 2 heterocycles. The second kappa shape index (κ2) is 6.76. The number of H-pyrrole nitrogens is 1. The van der Waals surface area contributed by atoms with Crippen LogP contribution < -0.4 is 11.1 Å². The number of hydrogen-bond acceptors (Lipinski definition) is 3. The predicted molar refractivity (Wildman–Crippen MR) is 100 cm³/mol. The zero-order valence-electron chi connectivity index (χ0n) is 15.1. The topological polar surface area (TPSA) is 91.2 Å². The largest absolute Gasteiger partial charge is 0.361 e. The van der Waals surface area contributed by atoms with Gasteiger partial charge >= 0.3 is 0 Å². The number of fused-ring (bicyclic) bond motifs is 2. The van der Waals surface area contributed by atoms with Gasteiger partial charge in [0, 0.05) is 49.6 Å². The summed E-state index contributed by atoms with van der Waals surface area (Å²) in [7, 11) is 0. The lowest BCUT2D eigenvalue weighted by atomic mass is 9.98. The maximum Gasteiger partial charge on any atom is 0.245 e. The second-order valence-electron chi connectivity index (χ2n) is 7.73. The first-order valence-corrected chi connectivity index (χ1v) is 9.39. The summed E-state index contributed by atoms with van der Waals surface area (Å²) >= 11 is 0. The fourth-order valence-electron chi connectivity index (χ4n) is 4.67. The molecule has 4 N–H and O–H groups in total. The third-order valence-corrected chi connectivity index (χ3v) is 6.00. The Labute approximate surface area is 153 Å². The maximum atomic E-state index is 13.1. The van der Waals surface area contributed by atoms with Crippen LogP contribution in [-0.2, 0) is 16.0 Å². The quantitative estimate of drug-likeness (QED) is 0.775. The van der Waals surface area contributed by atoms with Gasteiger partial charge in [-0.05, 0) is 36.3 Å². The molecule has 2 aromatic rings. The fourth-order valence-corrected chi connectivity index (χ4v) is 4.67. The van der Waals surface area contributed by atoms with Crippen molar-refractivity contribution in [2.75, 3.05) is 13.1 Å². The molecule has 1 aliphatic heterocycles. The molecule has 4 unspecified atom stereocenters. The molecule has 26 heavy (non-hydrogen) atoms. The summed E-state index contributed by atoms with van der Waals surface area (Å²) in [5.41, 5.74) is 8.28. The summed E-state index contributed by atoms with van der Waals surface area (Å²) in [6, 6.07) is 7.67. The van der Waals surface area contributed by atoms with Crippen molar-refractivity contribution in [1.82, 2.24) is 15.2 Å². The van der Waals surface area contributed by atoms with Crippen molar-refractivity contribution in [3.8, 4) is 0 Å². The normalized spacial score (nSPS) is 26.1. The number of aromatic amines is 1. The standard InChI is InChI=1S/C20H26N4O2/c1-12(25)23-19(8-14-9-22-18-5-3-2-4-15(14)18)20(26)24-10-13-6-7-17(21)16(13)11-24/h2-5,9,13,16-17,19,22H,6-8,10-11,21H2,1H3,(H,23,25). The zero-order chi connectivity index (χ0) is 18.3. The van der Waals surface area contributed by atoms with E-state index in [1.54, 1.807) is 0 Å². The van der Waals surface area contributed by atoms with Gasteiger partial charge < -0.3 is 20.9 Å². The van der Waals surface area contributed by atoms with Gasteiger partial charge in [-0.15, -0.1) is 0 Å². The van der Waals surface area contributed by atoms with Gasteiger partial charge in [-0.2, -0.15) is 0 Å². The van der Waals surface area contributed by atoms with Gasteiger partial charge in [0.1, 0.15) is 6.04 Å². The molecular weight excluding hydrogens is 328 g/mol. The van der Waals surface area contributed by atoms with Gasteiger partial charge in [0.05, 0.1) is 0 Å². The number of carbonyl (C=O) groups is 2. The van der Waals surface area contributed by atoms with Crippen LogP contribution >= 0.6 is 0 Å². The third-order valence-electron chi connectivity index (χ3n) is 6.00. The fraction of sp³-hybridized carbons (Fsp3) is 0.500. The van der Waals surface area contributed by atoms with E-state index in [4.69, 9.17) is 5.73 Å². The van der Waals surface area contributed by atoms with Crippen molar-refractivity contribution in [2.45, 2.75) is 38.3 Å². The van der Waals surface area contributed by atoms with Gasteiger partial charge in [0.15, 0.2) is 0 Å². The maximum absolute atomic E-state index is 13.1. The number of nitrogens with zero attached hydrogens (tertiary/aromatic N) is 1. The number of hydrogen-bond donors (Lipinski definition) is 3. The minimum absolute atomic E-state index is 0.00656. The first kappa shape index (κ1) is 17.1. The molecule has 4 atom stereocenters. The van der Waals surface area contributed by atoms with Crippen LogP contribution in [0.2, 0.25) is 0 Å². The van der Waals surface area contributed by atoms with E-state index >= 15 is 0 Å². The third kappa shape index (κ3) is 3.09. The van der Waals surface area contributed by atoms with E-state index in [-0.39, 0.29) is 17.9 Å². The Morgan fingerprint density at radius 1 is 1.31 bits per heavy atom. The summed E-state index contributed by atoms with van der Waals surface area (Å²) < 4.78 is 0. The highest BCUT2D eigenvalue weighted by atomic mass is 16.2. The van der Waals surface area contributed by atoms with E-state index in [2.05, 4.69) is 10.3 Å². The highest BCUT2D eigenvalue weighted by Gasteiger charge is 2.43. The molecule has 1 aromatic heterocycles. The number of rotatable bonds is 4. The SMILES string of the molecule is CC(=O)NC(Cc1c[nH]c2ccccc12)C(=O)N1CC2CCC(N)C2C1. The molecule has 4 rings (SSSR count). The molecule has 2 amide bonds. The molecule has 6 heteroatoms. The van der Waals surface area contributed by atoms with Crippen LogP contribution in [0.4, 0.5) is 0 Å². The molecule has 0 spiro atoms. The van der Waals surface area contributed by atoms with Crippen LogP contribution in [0.15, 0.2) is 30.5 Å². The number of aromatic nitrogens is 1. The van der Waals surface area contributed by atoms with Crippen LogP contribution in [0.5, 0.6) is 0 Å². The van der Waals surface area contributed by atoms with Crippen molar-refractivity contribution in [3.63, 3.8) is 0 Å². The number of carbonyl (C=O) groups excluding carboxylic acids is 2. The number of likely N-dealkylation sites (tertiary alicyclic amines) is 1. The Bertz CT molecular complexity index is 830. The molecule has 6 nitrogen and oxygen atoms in total. The number of para-hydroxylation sites is 1. The summed E-state index contributed by atoms with van der Waals surface area (Å²) in [5, 5.41) is 3.95. The molecule has 1 aromatic carbocycles. The van der Waals surface area contributed by atoms with Gasteiger partial charge in [-0.1, -0.05) is 18.2 Å². The lowest BCUT2D eigenvalue weighted by molar-refractivity contribution is -0.135. The lowest BCUT2D eigenvalue weighted by Gasteiger charge is -2.25.